The Morgan fingerprint density at radius 2 is 1.35 bits per heavy atom. The van der Waals surface area contributed by atoms with E-state index in [4.69, 9.17) is 21.7 Å². The monoisotopic (exact) mass is 463 g/mol. The number of rotatable bonds is 14. The standard InChI is InChI=1S/C17H29N5O8S/c1-3-7(2)13(19)16(28)20-8(4-11(18)23)14(26)22-10(6-31)15(27)21-9(17(29)30)5-12(24)25/h7-10,13,31H,3-6,19H2,1-2H3,(H2,18,23)(H,20,28)(H,21,27)(H,22,26)(H,24,25)(H,29,30). The fourth-order valence-corrected chi connectivity index (χ4v) is 2.56. The van der Waals surface area contributed by atoms with E-state index >= 15 is 0 Å². The summed E-state index contributed by atoms with van der Waals surface area (Å²) < 4.78 is 0. The van der Waals surface area contributed by atoms with E-state index in [0.717, 1.165) is 0 Å². The van der Waals surface area contributed by atoms with Crippen LogP contribution in [0.2, 0.25) is 0 Å². The maximum atomic E-state index is 12.5. The van der Waals surface area contributed by atoms with Crippen LogP contribution in [0, 0.1) is 5.92 Å². The molecule has 4 amide bonds. The number of nitrogens with two attached hydrogens (primary N) is 2. The molecule has 9 N–H and O–H groups in total. The molecule has 0 fully saturated rings. The van der Waals surface area contributed by atoms with Crippen molar-refractivity contribution in [3.8, 4) is 0 Å². The molecule has 0 aromatic carbocycles. The van der Waals surface area contributed by atoms with Crippen molar-refractivity contribution in [1.29, 1.82) is 0 Å². The number of amides is 4. The summed E-state index contributed by atoms with van der Waals surface area (Å²) in [4.78, 5) is 70.3. The van der Waals surface area contributed by atoms with Crippen molar-refractivity contribution in [3.63, 3.8) is 0 Å². The minimum atomic E-state index is -1.74. The quantitative estimate of drug-likeness (QED) is 0.124. The van der Waals surface area contributed by atoms with Crippen molar-refractivity contribution >= 4 is 48.2 Å². The topological polar surface area (TPSA) is 231 Å². The maximum absolute atomic E-state index is 12.5. The second-order valence-corrected chi connectivity index (χ2v) is 7.25. The van der Waals surface area contributed by atoms with Crippen molar-refractivity contribution in [2.45, 2.75) is 57.3 Å². The number of carbonyl (C=O) groups is 6. The van der Waals surface area contributed by atoms with Crippen molar-refractivity contribution in [1.82, 2.24) is 16.0 Å². The Morgan fingerprint density at radius 1 is 0.871 bits per heavy atom. The van der Waals surface area contributed by atoms with E-state index in [0.29, 0.717) is 6.42 Å². The van der Waals surface area contributed by atoms with E-state index in [1.807, 2.05) is 12.2 Å². The summed E-state index contributed by atoms with van der Waals surface area (Å²) in [5, 5.41) is 24.3. The van der Waals surface area contributed by atoms with Crippen LogP contribution in [0.3, 0.4) is 0 Å². The molecule has 0 spiro atoms. The van der Waals surface area contributed by atoms with Gasteiger partial charge in [0.1, 0.15) is 18.1 Å². The van der Waals surface area contributed by atoms with Crippen molar-refractivity contribution in [2.75, 3.05) is 5.75 Å². The third-order valence-electron chi connectivity index (χ3n) is 4.41. The number of carboxylic acid groups (broad SMARTS) is 2. The molecule has 0 saturated carbocycles. The molecule has 5 atom stereocenters. The zero-order valence-corrected chi connectivity index (χ0v) is 18.1. The molecule has 31 heavy (non-hydrogen) atoms. The van der Waals surface area contributed by atoms with Gasteiger partial charge in [0.25, 0.3) is 0 Å². The number of nitrogens with one attached hydrogen (secondary N) is 3. The summed E-state index contributed by atoms with van der Waals surface area (Å²) in [6.07, 6.45) is -0.880. The molecule has 176 valence electrons. The Kier molecular flexibility index (Phi) is 12.2. The molecule has 0 heterocycles. The van der Waals surface area contributed by atoms with E-state index in [1.165, 1.54) is 0 Å². The van der Waals surface area contributed by atoms with Crippen LogP contribution in [-0.2, 0) is 28.8 Å². The number of hydrogen-bond acceptors (Lipinski definition) is 8. The van der Waals surface area contributed by atoms with Crippen LogP contribution in [-0.4, -0.2) is 75.7 Å². The number of hydrogen-bond donors (Lipinski definition) is 8. The molecule has 0 saturated heterocycles. The second-order valence-electron chi connectivity index (χ2n) is 6.88. The average molecular weight is 464 g/mol. The average Bonchev–Trinajstić information content (AvgIpc) is 2.68. The lowest BCUT2D eigenvalue weighted by atomic mass is 9.99. The SMILES string of the molecule is CCC(C)C(N)C(=O)NC(CC(N)=O)C(=O)NC(CS)C(=O)NC(CC(=O)O)C(=O)O. The van der Waals surface area contributed by atoms with Crippen LogP contribution >= 0.6 is 12.6 Å². The molecule has 0 aliphatic rings. The lowest BCUT2D eigenvalue weighted by Gasteiger charge is -2.24. The van der Waals surface area contributed by atoms with Crippen LogP contribution in [0.4, 0.5) is 0 Å². The van der Waals surface area contributed by atoms with Gasteiger partial charge in [0.15, 0.2) is 0 Å². The first-order valence-electron chi connectivity index (χ1n) is 9.34. The van der Waals surface area contributed by atoms with Crippen LogP contribution in [0.1, 0.15) is 33.1 Å². The Balaban J connectivity index is 5.32. The summed E-state index contributed by atoms with van der Waals surface area (Å²) in [5.41, 5.74) is 10.9. The van der Waals surface area contributed by atoms with Gasteiger partial charge in [0, 0.05) is 5.75 Å². The van der Waals surface area contributed by atoms with Crippen molar-refractivity contribution < 1.29 is 39.0 Å². The van der Waals surface area contributed by atoms with Crippen LogP contribution in [0.15, 0.2) is 0 Å². The molecular weight excluding hydrogens is 434 g/mol. The third kappa shape index (κ3) is 10.1. The maximum Gasteiger partial charge on any atom is 0.326 e. The van der Waals surface area contributed by atoms with E-state index < -0.39 is 72.6 Å². The van der Waals surface area contributed by atoms with Crippen molar-refractivity contribution in [2.24, 2.45) is 17.4 Å². The molecule has 0 aliphatic heterocycles. The molecule has 5 unspecified atom stereocenters. The van der Waals surface area contributed by atoms with Crippen LogP contribution < -0.4 is 27.4 Å². The summed E-state index contributed by atoms with van der Waals surface area (Å²) in [5.74, 6) is -7.12. The van der Waals surface area contributed by atoms with Gasteiger partial charge in [-0.2, -0.15) is 12.6 Å². The number of carbonyl (C=O) groups excluding carboxylic acids is 4. The highest BCUT2D eigenvalue weighted by molar-refractivity contribution is 7.80. The van der Waals surface area contributed by atoms with Gasteiger partial charge < -0.3 is 37.6 Å². The molecule has 0 bridgehead atoms. The minimum absolute atomic E-state index is 0.213. The fourth-order valence-electron chi connectivity index (χ4n) is 2.30. The first-order chi connectivity index (χ1) is 14.3. The first-order valence-corrected chi connectivity index (χ1v) is 9.97. The zero-order chi connectivity index (χ0) is 24.3. The predicted octanol–water partition coefficient (Wildman–Crippen LogP) is -2.82. The largest absolute Gasteiger partial charge is 0.481 e. The van der Waals surface area contributed by atoms with E-state index in [1.54, 1.807) is 6.92 Å². The predicted molar refractivity (Wildman–Crippen MR) is 111 cm³/mol. The number of carboxylic acids is 2. The summed E-state index contributed by atoms with van der Waals surface area (Å²) in [6, 6.07) is -5.52. The van der Waals surface area contributed by atoms with Gasteiger partial charge in [0.2, 0.25) is 23.6 Å². The molecule has 0 aromatic rings. The van der Waals surface area contributed by atoms with Gasteiger partial charge in [-0.05, 0) is 5.92 Å². The highest BCUT2D eigenvalue weighted by atomic mass is 32.1. The van der Waals surface area contributed by atoms with E-state index in [-0.39, 0.29) is 11.7 Å². The molecule has 13 nitrogen and oxygen atoms in total. The van der Waals surface area contributed by atoms with Gasteiger partial charge in [-0.3, -0.25) is 24.0 Å². The second kappa shape index (κ2) is 13.4. The summed E-state index contributed by atoms with van der Waals surface area (Å²) in [7, 11) is 0. The Bertz CT molecular complexity index is 704. The van der Waals surface area contributed by atoms with Crippen LogP contribution in [0.25, 0.3) is 0 Å². The number of thiol groups is 1. The highest BCUT2D eigenvalue weighted by Crippen LogP contribution is 2.06. The summed E-state index contributed by atoms with van der Waals surface area (Å²) >= 11 is 3.92. The third-order valence-corrected chi connectivity index (χ3v) is 4.77. The summed E-state index contributed by atoms with van der Waals surface area (Å²) in [6.45, 7) is 3.54. The minimum Gasteiger partial charge on any atom is -0.481 e. The van der Waals surface area contributed by atoms with Crippen LogP contribution in [0.5, 0.6) is 0 Å². The van der Waals surface area contributed by atoms with E-state index in [9.17, 15) is 28.8 Å². The van der Waals surface area contributed by atoms with Gasteiger partial charge in [-0.25, -0.2) is 4.79 Å². The molecule has 0 radical (unpaired) electrons. The molecule has 14 heteroatoms. The van der Waals surface area contributed by atoms with Gasteiger partial charge >= 0.3 is 11.9 Å². The number of aliphatic carboxylic acids is 2. The molecule has 0 aromatic heterocycles. The van der Waals surface area contributed by atoms with Gasteiger partial charge in [0.05, 0.1) is 18.9 Å². The smallest absolute Gasteiger partial charge is 0.326 e. The number of primary amides is 1. The lowest BCUT2D eigenvalue weighted by molar-refractivity contribution is -0.147. The Labute approximate surface area is 184 Å². The molecule has 0 rings (SSSR count). The highest BCUT2D eigenvalue weighted by Gasteiger charge is 2.31. The normalized spacial score (nSPS) is 15.5. The zero-order valence-electron chi connectivity index (χ0n) is 17.2. The Morgan fingerprint density at radius 3 is 1.77 bits per heavy atom. The molecular formula is C17H29N5O8S. The lowest BCUT2D eigenvalue weighted by Crippen LogP contribution is -2.58. The van der Waals surface area contributed by atoms with E-state index in [2.05, 4.69) is 23.3 Å². The van der Waals surface area contributed by atoms with Crippen molar-refractivity contribution in [3.05, 3.63) is 0 Å². The first kappa shape index (κ1) is 28.1. The molecule has 0 aliphatic carbocycles. The van der Waals surface area contributed by atoms with Gasteiger partial charge in [-0.15, -0.1) is 0 Å². The fraction of sp³-hybridized carbons (Fsp3) is 0.647. The van der Waals surface area contributed by atoms with Gasteiger partial charge in [-0.1, -0.05) is 20.3 Å². The Hall–Kier alpha value is -2.87.